The predicted molar refractivity (Wildman–Crippen MR) is 253 cm³/mol. The second-order valence-electron chi connectivity index (χ2n) is 15.1. The third kappa shape index (κ3) is 9.83. The zero-order chi connectivity index (χ0) is 42.7. The Kier molecular flexibility index (Phi) is 13.0. The number of hydrogen-bond donors (Lipinski definition) is 0. The Morgan fingerprint density at radius 3 is 0.790 bits per heavy atom. The van der Waals surface area contributed by atoms with Gasteiger partial charge in [-0.3, -0.25) is 9.59 Å². The number of rotatable bonds is 15. The van der Waals surface area contributed by atoms with Crippen molar-refractivity contribution in [1.29, 1.82) is 0 Å². The van der Waals surface area contributed by atoms with Gasteiger partial charge in [-0.15, -0.1) is 0 Å². The summed E-state index contributed by atoms with van der Waals surface area (Å²) in [5, 5.41) is 0. The largest absolute Gasteiger partial charge is 0.469 e. The zero-order valence-electron chi connectivity index (χ0n) is 35.0. The number of esters is 2. The van der Waals surface area contributed by atoms with Gasteiger partial charge >= 0.3 is 11.9 Å². The van der Waals surface area contributed by atoms with Crippen molar-refractivity contribution in [2.24, 2.45) is 0 Å². The Hall–Kier alpha value is -7.70. The van der Waals surface area contributed by atoms with E-state index in [9.17, 15) is 9.59 Å². The van der Waals surface area contributed by atoms with E-state index < -0.39 is 0 Å². The smallest absolute Gasteiger partial charge is 0.305 e. The Bertz CT molecular complexity index is 2490. The van der Waals surface area contributed by atoms with Gasteiger partial charge in [0.15, 0.2) is 0 Å². The molecule has 8 aromatic rings. The van der Waals surface area contributed by atoms with Gasteiger partial charge < -0.3 is 19.3 Å². The van der Waals surface area contributed by atoms with Gasteiger partial charge in [-0.05, 0) is 130 Å². The summed E-state index contributed by atoms with van der Waals surface area (Å²) in [5.74, 6) is -0.426. The molecule has 0 bridgehead atoms. The molecule has 0 spiro atoms. The second-order valence-corrected chi connectivity index (χ2v) is 15.1. The van der Waals surface area contributed by atoms with Gasteiger partial charge in [-0.2, -0.15) is 0 Å². The molecule has 8 aromatic carbocycles. The highest BCUT2D eigenvalue weighted by molar-refractivity contribution is 5.82. The van der Waals surface area contributed by atoms with Crippen LogP contribution in [0.4, 0.5) is 34.1 Å². The lowest BCUT2D eigenvalue weighted by Gasteiger charge is -2.27. The van der Waals surface area contributed by atoms with Crippen molar-refractivity contribution in [2.45, 2.75) is 25.7 Å². The van der Waals surface area contributed by atoms with Gasteiger partial charge in [0.1, 0.15) is 0 Å². The van der Waals surface area contributed by atoms with E-state index in [4.69, 9.17) is 9.47 Å². The molecule has 0 amide bonds. The number of anilines is 6. The average molecular weight is 813 g/mol. The number of carbonyl (C=O) groups is 2. The van der Waals surface area contributed by atoms with Crippen LogP contribution in [0.1, 0.15) is 24.0 Å². The van der Waals surface area contributed by atoms with Gasteiger partial charge in [-0.25, -0.2) is 0 Å². The Morgan fingerprint density at radius 2 is 0.548 bits per heavy atom. The first-order valence-corrected chi connectivity index (χ1v) is 20.9. The molecular weight excluding hydrogens is 765 g/mol. The highest BCUT2D eigenvalue weighted by atomic mass is 16.5. The summed E-state index contributed by atoms with van der Waals surface area (Å²) in [4.78, 5) is 28.1. The molecule has 0 heterocycles. The van der Waals surface area contributed by atoms with Crippen molar-refractivity contribution in [1.82, 2.24) is 0 Å². The molecule has 62 heavy (non-hydrogen) atoms. The number of nitrogens with zero attached hydrogens (tertiary/aromatic N) is 2. The molecule has 0 saturated carbocycles. The van der Waals surface area contributed by atoms with E-state index in [0.717, 1.165) is 67.5 Å². The summed E-state index contributed by atoms with van der Waals surface area (Å²) < 4.78 is 9.72. The molecule has 0 aliphatic rings. The Morgan fingerprint density at radius 1 is 0.323 bits per heavy atom. The molecule has 8 rings (SSSR count). The van der Waals surface area contributed by atoms with Crippen LogP contribution in [0.2, 0.25) is 0 Å². The summed E-state index contributed by atoms with van der Waals surface area (Å²) in [7, 11) is 2.85. The Balaban J connectivity index is 1.07. The molecule has 6 nitrogen and oxygen atoms in total. The first-order valence-electron chi connectivity index (χ1n) is 20.9. The van der Waals surface area contributed by atoms with Crippen LogP contribution < -0.4 is 9.80 Å². The summed E-state index contributed by atoms with van der Waals surface area (Å²) in [6.45, 7) is 0. The SMILES string of the molecule is COC(=O)CCc1ccc(N(c2ccc(-c3ccccc3)cc2)c2ccc(-c3ccc(N(c4ccc(CCC(=O)OC)cc4)c4ccc(-c5ccccc5)cc4)cc3)cc2)cc1. The van der Waals surface area contributed by atoms with Gasteiger partial charge in [0.05, 0.1) is 14.2 Å². The molecule has 0 radical (unpaired) electrons. The highest BCUT2D eigenvalue weighted by Crippen LogP contribution is 2.39. The maximum atomic E-state index is 11.8. The lowest BCUT2D eigenvalue weighted by molar-refractivity contribution is -0.141. The summed E-state index contributed by atoms with van der Waals surface area (Å²) >= 11 is 0. The van der Waals surface area contributed by atoms with E-state index in [2.05, 4.69) is 204 Å². The van der Waals surface area contributed by atoms with Gasteiger partial charge in [-0.1, -0.05) is 133 Å². The summed E-state index contributed by atoms with van der Waals surface area (Å²) in [6.07, 6.45) is 1.93. The highest BCUT2D eigenvalue weighted by Gasteiger charge is 2.16. The van der Waals surface area contributed by atoms with E-state index >= 15 is 0 Å². The van der Waals surface area contributed by atoms with Crippen LogP contribution in [0.25, 0.3) is 33.4 Å². The van der Waals surface area contributed by atoms with Crippen LogP contribution >= 0.6 is 0 Å². The van der Waals surface area contributed by atoms with Crippen LogP contribution in [0.3, 0.4) is 0 Å². The van der Waals surface area contributed by atoms with Crippen LogP contribution in [0, 0.1) is 0 Å². The standard InChI is InChI=1S/C56H48N2O4/c1-61-55(59)39-17-41-13-27-49(28-14-41)57(51-31-19-45(20-32-51)43-9-5-3-6-10-43)53-35-23-47(24-36-53)48-25-37-54(38-26-48)58(50-29-15-42(16-30-50)18-40-56(60)62-2)52-33-21-46(22-34-52)44-11-7-4-8-12-44/h3-16,19-38H,17-18,39-40H2,1-2H3. The molecular formula is C56H48N2O4. The van der Waals surface area contributed by atoms with E-state index in [0.29, 0.717) is 25.7 Å². The molecule has 0 atom stereocenters. The molecule has 0 saturated heterocycles. The molecule has 0 aliphatic heterocycles. The number of carbonyl (C=O) groups excluding carboxylic acids is 2. The van der Waals surface area contributed by atoms with Gasteiger partial charge in [0, 0.05) is 47.0 Å². The van der Waals surface area contributed by atoms with Crippen LogP contribution in [-0.2, 0) is 31.9 Å². The van der Waals surface area contributed by atoms with E-state index in [-0.39, 0.29) is 11.9 Å². The minimum absolute atomic E-state index is 0.213. The Labute approximate surface area is 364 Å². The van der Waals surface area contributed by atoms with Crippen LogP contribution in [0.5, 0.6) is 0 Å². The van der Waals surface area contributed by atoms with Crippen molar-refractivity contribution < 1.29 is 19.1 Å². The fourth-order valence-electron chi connectivity index (χ4n) is 7.69. The zero-order valence-corrected chi connectivity index (χ0v) is 35.0. The second kappa shape index (κ2) is 19.6. The fourth-order valence-corrected chi connectivity index (χ4v) is 7.69. The molecule has 0 aliphatic carbocycles. The molecule has 0 unspecified atom stereocenters. The normalized spacial score (nSPS) is 10.8. The number of ether oxygens (including phenoxy) is 2. The third-order valence-electron chi connectivity index (χ3n) is 11.1. The van der Waals surface area contributed by atoms with Crippen molar-refractivity contribution in [3.05, 3.63) is 217 Å². The third-order valence-corrected chi connectivity index (χ3v) is 11.1. The minimum atomic E-state index is -0.213. The van der Waals surface area contributed by atoms with Crippen LogP contribution in [-0.4, -0.2) is 26.2 Å². The molecule has 0 N–H and O–H groups in total. The van der Waals surface area contributed by atoms with Gasteiger partial charge in [0.25, 0.3) is 0 Å². The molecule has 306 valence electrons. The van der Waals surface area contributed by atoms with Crippen LogP contribution in [0.15, 0.2) is 206 Å². The molecule has 6 heteroatoms. The minimum Gasteiger partial charge on any atom is -0.469 e. The average Bonchev–Trinajstić information content (AvgIpc) is 3.35. The van der Waals surface area contributed by atoms with Crippen molar-refractivity contribution in [2.75, 3.05) is 24.0 Å². The first kappa shape index (κ1) is 41.1. The number of hydrogen-bond acceptors (Lipinski definition) is 6. The van der Waals surface area contributed by atoms with E-state index in [1.807, 2.05) is 12.1 Å². The molecule has 0 fully saturated rings. The van der Waals surface area contributed by atoms with Crippen molar-refractivity contribution in [3.8, 4) is 33.4 Å². The van der Waals surface area contributed by atoms with E-state index in [1.165, 1.54) is 25.3 Å². The fraction of sp³-hybridized carbons (Fsp3) is 0.107. The predicted octanol–water partition coefficient (Wildman–Crippen LogP) is 13.8. The van der Waals surface area contributed by atoms with Crippen molar-refractivity contribution in [3.63, 3.8) is 0 Å². The summed E-state index contributed by atoms with van der Waals surface area (Å²) in [6, 6.07) is 72.3. The number of benzene rings is 8. The lowest BCUT2D eigenvalue weighted by Crippen LogP contribution is -2.10. The first-order chi connectivity index (χ1) is 30.4. The number of aryl methyl sites for hydroxylation is 2. The summed E-state index contributed by atoms with van der Waals surface area (Å²) in [5.41, 5.74) is 15.2. The lowest BCUT2D eigenvalue weighted by atomic mass is 10.0. The van der Waals surface area contributed by atoms with Gasteiger partial charge in [0.2, 0.25) is 0 Å². The number of methoxy groups -OCH3 is 2. The van der Waals surface area contributed by atoms with E-state index in [1.54, 1.807) is 0 Å². The topological polar surface area (TPSA) is 59.1 Å². The van der Waals surface area contributed by atoms with Crippen molar-refractivity contribution >= 4 is 46.1 Å². The molecule has 0 aromatic heterocycles. The maximum Gasteiger partial charge on any atom is 0.305 e. The maximum absolute atomic E-state index is 11.8. The quantitative estimate of drug-likeness (QED) is 0.0961. The monoisotopic (exact) mass is 812 g/mol.